The fraction of sp³-hybridized carbons (Fsp3) is 1.00. The zero-order valence-corrected chi connectivity index (χ0v) is 9.78. The molecule has 0 atom stereocenters. The number of hydrogen-bond acceptors (Lipinski definition) is 4. The molecular weight excluding hydrogens is 188 g/mol. The third-order valence-corrected chi connectivity index (χ3v) is 2.06. The van der Waals surface area contributed by atoms with Crippen LogP contribution in [0.4, 0.5) is 0 Å². The molecule has 0 aliphatic heterocycles. The van der Waals surface area contributed by atoms with Crippen LogP contribution >= 0.6 is 11.8 Å². The summed E-state index contributed by atoms with van der Waals surface area (Å²) in [6, 6.07) is 0. The molecule has 0 unspecified atom stereocenters. The molecule has 4 heteroatoms. The largest absolute Gasteiger partial charge is 0.327 e. The van der Waals surface area contributed by atoms with Crippen LogP contribution in [-0.4, -0.2) is 37.8 Å². The summed E-state index contributed by atoms with van der Waals surface area (Å²) in [5, 5.41) is 0. The molecule has 13 heavy (non-hydrogen) atoms. The minimum Gasteiger partial charge on any atom is -0.327 e. The molecule has 0 heterocycles. The van der Waals surface area contributed by atoms with Gasteiger partial charge in [-0.05, 0) is 27.0 Å². The monoisotopic (exact) mass is 208 g/mol. The Morgan fingerprint density at radius 3 is 1.54 bits per heavy atom. The smallest absolute Gasteiger partial charge is 0.292 e. The first-order chi connectivity index (χ1) is 6.24. The molecule has 0 aromatic rings. The molecule has 0 aromatic heterocycles. The van der Waals surface area contributed by atoms with Crippen molar-refractivity contribution in [2.45, 2.75) is 26.7 Å². The summed E-state index contributed by atoms with van der Waals surface area (Å²) in [4.78, 5) is 0. The zero-order chi connectivity index (χ0) is 10.2. The molecule has 3 nitrogen and oxygen atoms in total. The quantitative estimate of drug-likeness (QED) is 0.571. The molecule has 0 aliphatic rings. The van der Waals surface area contributed by atoms with E-state index in [1.807, 2.05) is 27.0 Å². The molecule has 0 aromatic carbocycles. The minimum atomic E-state index is -0.836. The lowest BCUT2D eigenvalue weighted by molar-refractivity contribution is -0.362. The fourth-order valence-corrected chi connectivity index (χ4v) is 1.69. The van der Waals surface area contributed by atoms with Gasteiger partial charge in [-0.1, -0.05) is 0 Å². The van der Waals surface area contributed by atoms with Gasteiger partial charge in [-0.25, -0.2) is 0 Å². The predicted molar refractivity (Wildman–Crippen MR) is 56.0 cm³/mol. The van der Waals surface area contributed by atoms with Crippen LogP contribution in [0.25, 0.3) is 0 Å². The second kappa shape index (κ2) is 7.62. The van der Waals surface area contributed by atoms with Gasteiger partial charge >= 0.3 is 0 Å². The Bertz CT molecular complexity index is 89.9. The molecule has 0 amide bonds. The third kappa shape index (κ3) is 4.86. The van der Waals surface area contributed by atoms with Gasteiger partial charge in [0.1, 0.15) is 0 Å². The topological polar surface area (TPSA) is 27.7 Å². The highest BCUT2D eigenvalue weighted by Crippen LogP contribution is 2.20. The van der Waals surface area contributed by atoms with Gasteiger partial charge in [0, 0.05) is 19.8 Å². The average Bonchev–Trinajstić information content (AvgIpc) is 2.06. The highest BCUT2D eigenvalue weighted by atomic mass is 32.2. The first-order valence-electron chi connectivity index (χ1n) is 4.65. The predicted octanol–water partition coefficient (Wildman–Crippen LogP) is 2.11. The van der Waals surface area contributed by atoms with Crippen LogP contribution in [-0.2, 0) is 14.2 Å². The van der Waals surface area contributed by atoms with Gasteiger partial charge in [0.25, 0.3) is 5.97 Å². The molecule has 0 saturated heterocycles. The Kier molecular flexibility index (Phi) is 7.75. The van der Waals surface area contributed by atoms with Crippen molar-refractivity contribution in [3.8, 4) is 0 Å². The van der Waals surface area contributed by atoms with E-state index in [9.17, 15) is 0 Å². The second-order valence-corrected chi connectivity index (χ2v) is 3.28. The van der Waals surface area contributed by atoms with E-state index in [-0.39, 0.29) is 0 Å². The van der Waals surface area contributed by atoms with Gasteiger partial charge in [-0.15, -0.1) is 0 Å². The second-order valence-electron chi connectivity index (χ2n) is 2.42. The molecule has 0 fully saturated rings. The Hall–Kier alpha value is 0.230. The van der Waals surface area contributed by atoms with Crippen LogP contribution in [0.15, 0.2) is 0 Å². The minimum absolute atomic E-state index is 0.598. The molecule has 0 aliphatic carbocycles. The van der Waals surface area contributed by atoms with E-state index < -0.39 is 5.97 Å². The molecule has 0 bridgehead atoms. The van der Waals surface area contributed by atoms with Crippen molar-refractivity contribution in [2.24, 2.45) is 0 Å². The normalized spacial score (nSPS) is 12.0. The van der Waals surface area contributed by atoms with Crippen LogP contribution < -0.4 is 0 Å². The van der Waals surface area contributed by atoms with Gasteiger partial charge in [0.15, 0.2) is 0 Å². The van der Waals surface area contributed by atoms with Crippen LogP contribution in [0, 0.1) is 0 Å². The average molecular weight is 208 g/mol. The third-order valence-electron chi connectivity index (χ3n) is 1.41. The molecule has 80 valence electrons. The Balaban J connectivity index is 4.19. The van der Waals surface area contributed by atoms with Crippen molar-refractivity contribution < 1.29 is 14.2 Å². The van der Waals surface area contributed by atoms with Crippen LogP contribution in [0.3, 0.4) is 0 Å². The van der Waals surface area contributed by atoms with E-state index in [1.54, 1.807) is 11.8 Å². The van der Waals surface area contributed by atoms with Crippen molar-refractivity contribution in [3.05, 3.63) is 0 Å². The number of thioether (sulfide) groups is 1. The fourth-order valence-electron chi connectivity index (χ4n) is 1.09. The van der Waals surface area contributed by atoms with Gasteiger partial charge in [-0.2, -0.15) is 11.8 Å². The van der Waals surface area contributed by atoms with Gasteiger partial charge in [0.05, 0.1) is 5.75 Å². The number of rotatable bonds is 8. The van der Waals surface area contributed by atoms with E-state index >= 15 is 0 Å². The first kappa shape index (κ1) is 13.2. The maximum absolute atomic E-state index is 5.49. The molecule has 0 N–H and O–H groups in total. The van der Waals surface area contributed by atoms with Gasteiger partial charge < -0.3 is 14.2 Å². The summed E-state index contributed by atoms with van der Waals surface area (Å²) in [5.41, 5.74) is 0. The lowest BCUT2D eigenvalue weighted by Gasteiger charge is -2.31. The van der Waals surface area contributed by atoms with Gasteiger partial charge in [-0.3, -0.25) is 0 Å². The highest BCUT2D eigenvalue weighted by molar-refractivity contribution is 7.98. The Morgan fingerprint density at radius 2 is 1.31 bits per heavy atom. The lowest BCUT2D eigenvalue weighted by Crippen LogP contribution is -2.42. The summed E-state index contributed by atoms with van der Waals surface area (Å²) in [7, 11) is 0. The SMILES string of the molecule is CCOC(CSC)(OCC)OCC. The summed E-state index contributed by atoms with van der Waals surface area (Å²) < 4.78 is 16.5. The van der Waals surface area contributed by atoms with Crippen molar-refractivity contribution in [1.82, 2.24) is 0 Å². The molecule has 0 radical (unpaired) electrons. The lowest BCUT2D eigenvalue weighted by atomic mass is 10.6. The Morgan fingerprint density at radius 1 is 0.923 bits per heavy atom. The molecule has 0 saturated carbocycles. The molecule has 0 rings (SSSR count). The van der Waals surface area contributed by atoms with E-state index in [1.165, 1.54) is 0 Å². The maximum atomic E-state index is 5.49. The van der Waals surface area contributed by atoms with E-state index in [2.05, 4.69) is 0 Å². The standard InChI is InChI=1S/C9H20O3S/c1-5-10-9(8-13-4,11-6-2)12-7-3/h5-8H2,1-4H3. The summed E-state index contributed by atoms with van der Waals surface area (Å²) in [5.74, 6) is -0.139. The summed E-state index contributed by atoms with van der Waals surface area (Å²) in [6.07, 6.45) is 2.01. The first-order valence-corrected chi connectivity index (χ1v) is 6.04. The Labute approximate surface area is 85.1 Å². The summed E-state index contributed by atoms with van der Waals surface area (Å²) >= 11 is 1.65. The maximum Gasteiger partial charge on any atom is 0.292 e. The zero-order valence-electron chi connectivity index (χ0n) is 8.96. The van der Waals surface area contributed by atoms with Crippen molar-refractivity contribution in [1.29, 1.82) is 0 Å². The van der Waals surface area contributed by atoms with Crippen LogP contribution in [0.1, 0.15) is 20.8 Å². The molecule has 0 spiro atoms. The van der Waals surface area contributed by atoms with Crippen LogP contribution in [0.2, 0.25) is 0 Å². The van der Waals surface area contributed by atoms with Crippen molar-refractivity contribution in [3.63, 3.8) is 0 Å². The number of ether oxygens (including phenoxy) is 3. The molecular formula is C9H20O3S. The van der Waals surface area contributed by atoms with Gasteiger partial charge in [0.2, 0.25) is 0 Å². The van der Waals surface area contributed by atoms with Crippen molar-refractivity contribution >= 4 is 11.8 Å². The van der Waals surface area contributed by atoms with E-state index in [0.29, 0.717) is 25.6 Å². The van der Waals surface area contributed by atoms with E-state index in [0.717, 1.165) is 0 Å². The van der Waals surface area contributed by atoms with E-state index in [4.69, 9.17) is 14.2 Å². The number of hydrogen-bond donors (Lipinski definition) is 0. The summed E-state index contributed by atoms with van der Waals surface area (Å²) in [6.45, 7) is 7.61. The highest BCUT2D eigenvalue weighted by Gasteiger charge is 2.31. The van der Waals surface area contributed by atoms with Crippen molar-refractivity contribution in [2.75, 3.05) is 31.8 Å². The van der Waals surface area contributed by atoms with Crippen LogP contribution in [0.5, 0.6) is 0 Å².